The largest absolute Gasteiger partial charge is 0.511 e. The van der Waals surface area contributed by atoms with Crippen molar-refractivity contribution in [2.75, 3.05) is 26.7 Å². The van der Waals surface area contributed by atoms with E-state index in [2.05, 4.69) is 29.5 Å². The second kappa shape index (κ2) is 8.55. The summed E-state index contributed by atoms with van der Waals surface area (Å²) < 4.78 is 61.4. The Morgan fingerprint density at radius 1 is 1.11 bits per heavy atom. The van der Waals surface area contributed by atoms with Crippen molar-refractivity contribution in [3.05, 3.63) is 0 Å². The monoisotopic (exact) mass is 412 g/mol. The van der Waals surface area contributed by atoms with Gasteiger partial charge in [0.05, 0.1) is 0 Å². The number of sulfonamides is 1. The molecule has 1 heterocycles. The van der Waals surface area contributed by atoms with E-state index in [0.717, 1.165) is 6.54 Å². The van der Waals surface area contributed by atoms with E-state index in [1.54, 1.807) is 7.05 Å². The molecule has 2 aliphatic rings. The van der Waals surface area contributed by atoms with Gasteiger partial charge in [-0.05, 0) is 37.0 Å². The number of nitrogens with zero attached hydrogens (tertiary/aromatic N) is 2. The molecular weight excluding hydrogens is 381 g/mol. The van der Waals surface area contributed by atoms with Crippen LogP contribution in [0.5, 0.6) is 0 Å². The van der Waals surface area contributed by atoms with Crippen LogP contribution in [0.4, 0.5) is 13.2 Å². The van der Waals surface area contributed by atoms with Gasteiger partial charge in [0.1, 0.15) is 0 Å². The average molecular weight is 413 g/mol. The van der Waals surface area contributed by atoms with E-state index < -0.39 is 15.5 Å². The van der Waals surface area contributed by atoms with E-state index in [4.69, 9.17) is 0 Å². The van der Waals surface area contributed by atoms with Crippen LogP contribution in [0.25, 0.3) is 0 Å². The van der Waals surface area contributed by atoms with E-state index in [1.165, 1.54) is 25.7 Å². The number of hydrogen-bond acceptors (Lipinski definition) is 3. The van der Waals surface area contributed by atoms with Crippen molar-refractivity contribution in [1.29, 1.82) is 0 Å². The highest BCUT2D eigenvalue weighted by Gasteiger charge is 2.50. The standard InChI is InChI=1S/C17H31F3N4O2S/c1-16(2,13-6-4-5-7-13)12-22-15(21-3)23-14-8-10-24(11-9-14)27(25,26)17(18,19)20/h13-14H,4-12H2,1-3H3,(H2,21,22,23). The van der Waals surface area contributed by atoms with Gasteiger partial charge in [0.15, 0.2) is 5.96 Å². The highest BCUT2D eigenvalue weighted by atomic mass is 32.2. The molecular formula is C17H31F3N4O2S. The highest BCUT2D eigenvalue weighted by Crippen LogP contribution is 2.39. The fourth-order valence-corrected chi connectivity index (χ4v) is 4.92. The lowest BCUT2D eigenvalue weighted by Gasteiger charge is -2.34. The molecule has 0 atom stereocenters. The summed E-state index contributed by atoms with van der Waals surface area (Å²) in [5.74, 6) is 1.29. The Hall–Kier alpha value is -1.03. The topological polar surface area (TPSA) is 73.8 Å². The first-order valence-electron chi connectivity index (χ1n) is 9.51. The van der Waals surface area contributed by atoms with Crippen molar-refractivity contribution in [3.63, 3.8) is 0 Å². The number of nitrogens with one attached hydrogen (secondary N) is 2. The summed E-state index contributed by atoms with van der Waals surface area (Å²) in [7, 11) is -3.58. The van der Waals surface area contributed by atoms with Gasteiger partial charge >= 0.3 is 15.5 Å². The summed E-state index contributed by atoms with van der Waals surface area (Å²) in [6.07, 6.45) is 5.66. The number of alkyl halides is 3. The molecule has 1 aliphatic heterocycles. The minimum absolute atomic E-state index is 0.106. The molecule has 0 aromatic heterocycles. The van der Waals surface area contributed by atoms with Crippen LogP contribution in [0.15, 0.2) is 4.99 Å². The first-order chi connectivity index (χ1) is 12.5. The van der Waals surface area contributed by atoms with Gasteiger partial charge in [0.2, 0.25) is 0 Å². The number of halogens is 3. The SMILES string of the molecule is CN=C(NCC(C)(C)C1CCCC1)NC1CCN(S(=O)(=O)C(F)(F)F)CC1. The summed E-state index contributed by atoms with van der Waals surface area (Å²) >= 11 is 0. The Kier molecular flexibility index (Phi) is 7.05. The molecule has 0 radical (unpaired) electrons. The Labute approximate surface area is 160 Å². The van der Waals surface area contributed by atoms with Crippen molar-refractivity contribution in [2.45, 2.75) is 63.9 Å². The van der Waals surface area contributed by atoms with Crippen LogP contribution >= 0.6 is 0 Å². The number of piperidine rings is 1. The summed E-state index contributed by atoms with van der Waals surface area (Å²) in [6, 6.07) is -0.106. The fourth-order valence-electron chi connectivity index (χ4n) is 3.94. The number of hydrogen-bond donors (Lipinski definition) is 2. The summed E-state index contributed by atoms with van der Waals surface area (Å²) in [4.78, 5) is 4.20. The zero-order valence-electron chi connectivity index (χ0n) is 16.3. The third-order valence-corrected chi connectivity index (χ3v) is 7.45. The maximum atomic E-state index is 12.6. The van der Waals surface area contributed by atoms with Gasteiger partial charge in [0.25, 0.3) is 0 Å². The maximum Gasteiger partial charge on any atom is 0.511 e. The number of guanidine groups is 1. The highest BCUT2D eigenvalue weighted by molar-refractivity contribution is 7.90. The lowest BCUT2D eigenvalue weighted by atomic mass is 9.78. The average Bonchev–Trinajstić information content (AvgIpc) is 3.13. The molecule has 2 rings (SSSR count). The molecule has 0 aromatic carbocycles. The molecule has 1 aliphatic carbocycles. The molecule has 1 saturated heterocycles. The van der Waals surface area contributed by atoms with E-state index in [-0.39, 0.29) is 24.5 Å². The van der Waals surface area contributed by atoms with Crippen LogP contribution in [0.1, 0.15) is 52.4 Å². The third kappa shape index (κ3) is 5.49. The van der Waals surface area contributed by atoms with Crippen molar-refractivity contribution >= 4 is 16.0 Å². The molecule has 158 valence electrons. The normalized spacial score (nSPS) is 22.2. The van der Waals surface area contributed by atoms with Gasteiger partial charge in [-0.3, -0.25) is 4.99 Å². The Bertz CT molecular complexity index is 621. The zero-order chi connectivity index (χ0) is 20.3. The lowest BCUT2D eigenvalue weighted by Crippen LogP contribution is -2.52. The van der Waals surface area contributed by atoms with Crippen LogP contribution in [-0.2, 0) is 10.0 Å². The summed E-state index contributed by atoms with van der Waals surface area (Å²) in [5.41, 5.74) is -5.10. The van der Waals surface area contributed by atoms with E-state index in [9.17, 15) is 21.6 Å². The minimum atomic E-state index is -5.24. The molecule has 10 heteroatoms. The van der Waals surface area contributed by atoms with Crippen LogP contribution in [0.3, 0.4) is 0 Å². The van der Waals surface area contributed by atoms with E-state index in [0.29, 0.717) is 29.0 Å². The number of aliphatic imine (C=N–C) groups is 1. The lowest BCUT2D eigenvalue weighted by molar-refractivity contribution is -0.0494. The second-order valence-corrected chi connectivity index (χ2v) is 10.1. The summed E-state index contributed by atoms with van der Waals surface area (Å²) in [5, 5.41) is 6.54. The zero-order valence-corrected chi connectivity index (χ0v) is 17.1. The molecule has 1 saturated carbocycles. The molecule has 6 nitrogen and oxygen atoms in total. The van der Waals surface area contributed by atoms with Crippen molar-refractivity contribution < 1.29 is 21.6 Å². The van der Waals surface area contributed by atoms with Gasteiger partial charge < -0.3 is 10.6 Å². The van der Waals surface area contributed by atoms with E-state index in [1.807, 2.05) is 0 Å². The summed E-state index contributed by atoms with van der Waals surface area (Å²) in [6.45, 7) is 4.94. The Morgan fingerprint density at radius 2 is 1.67 bits per heavy atom. The second-order valence-electron chi connectivity index (χ2n) is 8.16. The molecule has 27 heavy (non-hydrogen) atoms. The van der Waals surface area contributed by atoms with Crippen LogP contribution in [-0.4, -0.2) is 56.9 Å². The molecule has 0 aromatic rings. The number of rotatable bonds is 5. The van der Waals surface area contributed by atoms with Crippen molar-refractivity contribution in [2.24, 2.45) is 16.3 Å². The van der Waals surface area contributed by atoms with Crippen molar-refractivity contribution in [1.82, 2.24) is 14.9 Å². The maximum absolute atomic E-state index is 12.6. The smallest absolute Gasteiger partial charge is 0.356 e. The first-order valence-corrected chi connectivity index (χ1v) is 10.9. The Morgan fingerprint density at radius 3 is 2.15 bits per heavy atom. The predicted octanol–water partition coefficient (Wildman–Crippen LogP) is 2.68. The molecule has 0 unspecified atom stereocenters. The molecule has 0 amide bonds. The molecule has 2 fully saturated rings. The van der Waals surface area contributed by atoms with Crippen molar-refractivity contribution in [3.8, 4) is 0 Å². The van der Waals surface area contributed by atoms with Gasteiger partial charge in [-0.2, -0.15) is 17.5 Å². The predicted molar refractivity (Wildman–Crippen MR) is 99.8 cm³/mol. The van der Waals surface area contributed by atoms with Gasteiger partial charge in [0, 0.05) is 32.7 Å². The van der Waals surface area contributed by atoms with E-state index >= 15 is 0 Å². The van der Waals surface area contributed by atoms with Crippen LogP contribution < -0.4 is 10.6 Å². The first kappa shape index (κ1) is 22.3. The third-order valence-electron chi connectivity index (χ3n) is 5.82. The minimum Gasteiger partial charge on any atom is -0.356 e. The van der Waals surface area contributed by atoms with Crippen LogP contribution in [0.2, 0.25) is 0 Å². The molecule has 0 bridgehead atoms. The Balaban J connectivity index is 1.83. The quantitative estimate of drug-likeness (QED) is 0.538. The van der Waals surface area contributed by atoms with Gasteiger partial charge in [-0.1, -0.05) is 26.7 Å². The van der Waals surface area contributed by atoms with Crippen LogP contribution in [0, 0.1) is 11.3 Å². The van der Waals surface area contributed by atoms with Gasteiger partial charge in [-0.15, -0.1) is 0 Å². The van der Waals surface area contributed by atoms with Gasteiger partial charge in [-0.25, -0.2) is 8.42 Å². The fraction of sp³-hybridized carbons (Fsp3) is 0.941. The molecule has 0 spiro atoms. The molecule has 2 N–H and O–H groups in total.